The minimum Gasteiger partial charge on any atom is -0.463 e. The molecule has 0 aromatic carbocycles. The summed E-state index contributed by atoms with van der Waals surface area (Å²) in [5, 5.41) is 0. The predicted octanol–water partition coefficient (Wildman–Crippen LogP) is 9.18. The van der Waals surface area contributed by atoms with Gasteiger partial charge in [0, 0.05) is 13.0 Å². The highest BCUT2D eigenvalue weighted by Crippen LogP contribution is 2.14. The maximum Gasteiger partial charge on any atom is 0.305 e. The molecule has 0 spiro atoms. The van der Waals surface area contributed by atoms with E-state index < -0.39 is 0 Å². The Morgan fingerprint density at radius 1 is 0.412 bits per heavy atom. The van der Waals surface area contributed by atoms with Gasteiger partial charge in [-0.1, -0.05) is 136 Å². The zero-order valence-corrected chi connectivity index (χ0v) is 23.2. The van der Waals surface area contributed by atoms with Gasteiger partial charge in [0.15, 0.2) is 0 Å². The van der Waals surface area contributed by atoms with E-state index in [9.17, 15) is 4.79 Å². The largest absolute Gasteiger partial charge is 0.463 e. The van der Waals surface area contributed by atoms with Gasteiger partial charge >= 0.3 is 5.97 Å². The van der Waals surface area contributed by atoms with Crippen LogP contribution >= 0.6 is 0 Å². The number of hydrogen-bond acceptors (Lipinski definition) is 4. The van der Waals surface area contributed by atoms with Crippen LogP contribution in [0.5, 0.6) is 0 Å². The zero-order valence-electron chi connectivity index (χ0n) is 23.2. The van der Waals surface area contributed by atoms with Crippen molar-refractivity contribution in [2.75, 3.05) is 33.0 Å². The second kappa shape index (κ2) is 30.4. The second-order valence-electron chi connectivity index (χ2n) is 9.91. The third kappa shape index (κ3) is 29.4. The molecule has 0 N–H and O–H groups in total. The Morgan fingerprint density at radius 3 is 1.21 bits per heavy atom. The van der Waals surface area contributed by atoms with Crippen molar-refractivity contribution in [3.8, 4) is 0 Å². The van der Waals surface area contributed by atoms with Gasteiger partial charge in [-0.3, -0.25) is 4.79 Å². The highest BCUT2D eigenvalue weighted by molar-refractivity contribution is 5.69. The van der Waals surface area contributed by atoms with E-state index in [2.05, 4.69) is 13.8 Å². The Morgan fingerprint density at radius 2 is 0.765 bits per heavy atom. The summed E-state index contributed by atoms with van der Waals surface area (Å²) in [4.78, 5) is 11.7. The number of ether oxygens (including phenoxy) is 3. The van der Waals surface area contributed by atoms with Crippen molar-refractivity contribution < 1.29 is 19.0 Å². The molecule has 0 saturated heterocycles. The molecule has 0 radical (unpaired) electrons. The van der Waals surface area contributed by atoms with Crippen molar-refractivity contribution in [1.82, 2.24) is 0 Å². The van der Waals surface area contributed by atoms with Crippen molar-refractivity contribution >= 4 is 5.97 Å². The average molecular weight is 485 g/mol. The van der Waals surface area contributed by atoms with Crippen LogP contribution in [0.2, 0.25) is 0 Å². The Kier molecular flexibility index (Phi) is 29.9. The van der Waals surface area contributed by atoms with E-state index in [1.54, 1.807) is 0 Å². The molecular weight excluding hydrogens is 424 g/mol. The minimum absolute atomic E-state index is 0.0882. The lowest BCUT2D eigenvalue weighted by Crippen LogP contribution is -2.13. The van der Waals surface area contributed by atoms with Crippen LogP contribution < -0.4 is 0 Å². The summed E-state index contributed by atoms with van der Waals surface area (Å²) in [5.41, 5.74) is 0. The maximum absolute atomic E-state index is 11.7. The smallest absolute Gasteiger partial charge is 0.305 e. The summed E-state index contributed by atoms with van der Waals surface area (Å²) in [6.45, 7) is 7.24. The van der Waals surface area contributed by atoms with E-state index in [4.69, 9.17) is 14.2 Å². The molecule has 204 valence electrons. The van der Waals surface area contributed by atoms with Gasteiger partial charge in [-0.25, -0.2) is 0 Å². The second-order valence-corrected chi connectivity index (χ2v) is 9.91. The first-order valence-electron chi connectivity index (χ1n) is 15.1. The molecule has 0 fully saturated rings. The van der Waals surface area contributed by atoms with Gasteiger partial charge < -0.3 is 14.2 Å². The lowest BCUT2D eigenvalue weighted by Gasteiger charge is -2.07. The van der Waals surface area contributed by atoms with E-state index in [0.29, 0.717) is 32.8 Å². The molecule has 0 aliphatic rings. The van der Waals surface area contributed by atoms with Crippen molar-refractivity contribution in [3.05, 3.63) is 0 Å². The number of esters is 1. The molecule has 0 saturated carbocycles. The van der Waals surface area contributed by atoms with E-state index in [-0.39, 0.29) is 5.97 Å². The lowest BCUT2D eigenvalue weighted by molar-refractivity contribution is -0.145. The van der Waals surface area contributed by atoms with Crippen LogP contribution in [-0.4, -0.2) is 39.0 Å². The number of unbranched alkanes of at least 4 members (excludes halogenated alkanes) is 19. The number of hydrogen-bond donors (Lipinski definition) is 0. The highest BCUT2D eigenvalue weighted by Gasteiger charge is 2.02. The van der Waals surface area contributed by atoms with E-state index >= 15 is 0 Å². The first-order valence-corrected chi connectivity index (χ1v) is 15.1. The first kappa shape index (κ1) is 33.4. The standard InChI is InChI=1S/C30H60O4/c1-3-5-7-8-9-10-11-12-13-14-15-16-17-18-19-20-21-22-23-24-30(31)34-29-28-33-27-26-32-25-6-4-2/h3-29H2,1-2H3. The fourth-order valence-electron chi connectivity index (χ4n) is 4.20. The third-order valence-corrected chi connectivity index (χ3v) is 6.49. The zero-order chi connectivity index (χ0) is 24.8. The van der Waals surface area contributed by atoms with Gasteiger partial charge in [0.2, 0.25) is 0 Å². The van der Waals surface area contributed by atoms with Gasteiger partial charge in [-0.2, -0.15) is 0 Å². The molecule has 0 aromatic heterocycles. The maximum atomic E-state index is 11.7. The number of carbonyl (C=O) groups excluding carboxylic acids is 1. The lowest BCUT2D eigenvalue weighted by atomic mass is 10.0. The van der Waals surface area contributed by atoms with Crippen molar-refractivity contribution in [2.24, 2.45) is 0 Å². The summed E-state index contributed by atoms with van der Waals surface area (Å²) in [6, 6.07) is 0. The first-order chi connectivity index (χ1) is 16.8. The van der Waals surface area contributed by atoms with Gasteiger partial charge in [-0.15, -0.1) is 0 Å². The molecule has 0 aromatic rings. The fraction of sp³-hybridized carbons (Fsp3) is 0.967. The van der Waals surface area contributed by atoms with Crippen LogP contribution in [0.1, 0.15) is 155 Å². The molecule has 0 aliphatic heterocycles. The van der Waals surface area contributed by atoms with Gasteiger partial charge in [0.1, 0.15) is 6.61 Å². The monoisotopic (exact) mass is 484 g/mol. The third-order valence-electron chi connectivity index (χ3n) is 6.49. The van der Waals surface area contributed by atoms with Crippen molar-refractivity contribution in [2.45, 2.75) is 155 Å². The Bertz CT molecular complexity index is 386. The topological polar surface area (TPSA) is 44.8 Å². The van der Waals surface area contributed by atoms with Crippen LogP contribution in [0.3, 0.4) is 0 Å². The van der Waals surface area contributed by atoms with Crippen LogP contribution in [0.4, 0.5) is 0 Å². The summed E-state index contributed by atoms with van der Waals surface area (Å²) >= 11 is 0. The Labute approximate surface area is 213 Å². The molecule has 4 nitrogen and oxygen atoms in total. The summed E-state index contributed by atoms with van der Waals surface area (Å²) in [5.74, 6) is -0.0882. The van der Waals surface area contributed by atoms with Gasteiger partial charge in [-0.05, 0) is 12.8 Å². The quantitative estimate of drug-likeness (QED) is 0.0784. The molecule has 0 aliphatic carbocycles. The summed E-state index contributed by atoms with van der Waals surface area (Å²) in [6.07, 6.45) is 28.7. The summed E-state index contributed by atoms with van der Waals surface area (Å²) < 4.78 is 16.0. The van der Waals surface area contributed by atoms with Gasteiger partial charge in [0.25, 0.3) is 0 Å². The predicted molar refractivity (Wildman–Crippen MR) is 146 cm³/mol. The van der Waals surface area contributed by atoms with Crippen LogP contribution in [-0.2, 0) is 19.0 Å². The van der Waals surface area contributed by atoms with E-state index in [1.165, 1.54) is 109 Å². The average Bonchev–Trinajstić information content (AvgIpc) is 2.84. The molecule has 0 heterocycles. The van der Waals surface area contributed by atoms with Crippen LogP contribution in [0.15, 0.2) is 0 Å². The van der Waals surface area contributed by atoms with Crippen LogP contribution in [0.25, 0.3) is 0 Å². The summed E-state index contributed by atoms with van der Waals surface area (Å²) in [7, 11) is 0. The van der Waals surface area contributed by atoms with Crippen molar-refractivity contribution in [3.63, 3.8) is 0 Å². The molecule has 0 rings (SSSR count). The van der Waals surface area contributed by atoms with E-state index in [0.717, 1.165) is 32.3 Å². The van der Waals surface area contributed by atoms with E-state index in [1.807, 2.05) is 0 Å². The molecule has 4 heteroatoms. The molecule has 34 heavy (non-hydrogen) atoms. The normalized spacial score (nSPS) is 11.2. The van der Waals surface area contributed by atoms with Crippen LogP contribution in [0, 0.1) is 0 Å². The Hall–Kier alpha value is -0.610. The molecule has 0 amide bonds. The van der Waals surface area contributed by atoms with Gasteiger partial charge in [0.05, 0.1) is 19.8 Å². The molecular formula is C30H60O4. The molecule has 0 unspecified atom stereocenters. The van der Waals surface area contributed by atoms with Crippen molar-refractivity contribution in [1.29, 1.82) is 0 Å². The Balaban J connectivity index is 3.12. The molecule has 0 atom stereocenters. The highest BCUT2D eigenvalue weighted by atomic mass is 16.6. The fourth-order valence-corrected chi connectivity index (χ4v) is 4.20. The molecule has 0 bridgehead atoms. The minimum atomic E-state index is -0.0882. The number of carbonyl (C=O) groups is 1. The number of rotatable bonds is 29. The SMILES string of the molecule is CCCCCCCCCCCCCCCCCCCCCC(=O)OCCOCCOCCCC.